The van der Waals surface area contributed by atoms with Crippen molar-refractivity contribution >= 4 is 11.9 Å². The van der Waals surface area contributed by atoms with Crippen molar-refractivity contribution in [1.29, 1.82) is 0 Å². The molecule has 0 bridgehead atoms. The molecule has 0 spiro atoms. The molecule has 0 aromatic rings. The molecule has 4 fully saturated rings. The molecule has 6 heteroatoms. The van der Waals surface area contributed by atoms with Crippen molar-refractivity contribution in [1.82, 2.24) is 0 Å². The van der Waals surface area contributed by atoms with E-state index in [-0.39, 0.29) is 40.1 Å². The molecule has 208 valence electrons. The number of esters is 1. The van der Waals surface area contributed by atoms with E-state index >= 15 is 0 Å². The number of allylic oxidation sites excluding steroid dienone is 2. The van der Waals surface area contributed by atoms with Crippen molar-refractivity contribution in [3.05, 3.63) is 22.8 Å². The molecular formula is C31H48O6. The Morgan fingerprint density at radius 2 is 1.70 bits per heavy atom. The summed E-state index contributed by atoms with van der Waals surface area (Å²) in [4.78, 5) is 24.8. The molecule has 4 aliphatic rings. The maximum absolute atomic E-state index is 12.6. The minimum absolute atomic E-state index is 0.0474. The Kier molecular flexibility index (Phi) is 7.53. The van der Waals surface area contributed by atoms with Crippen molar-refractivity contribution in [3.8, 4) is 0 Å². The minimum atomic E-state index is -0.953. The summed E-state index contributed by atoms with van der Waals surface area (Å²) in [6.07, 6.45) is 6.22. The van der Waals surface area contributed by atoms with Gasteiger partial charge in [-0.25, -0.2) is 4.79 Å². The Morgan fingerprint density at radius 1 is 1.03 bits per heavy atom. The van der Waals surface area contributed by atoms with Gasteiger partial charge in [-0.1, -0.05) is 39.3 Å². The van der Waals surface area contributed by atoms with Crippen LogP contribution in [0.1, 0.15) is 99.8 Å². The van der Waals surface area contributed by atoms with Crippen molar-refractivity contribution in [3.63, 3.8) is 0 Å². The van der Waals surface area contributed by atoms with Crippen LogP contribution in [-0.2, 0) is 14.3 Å². The topological polar surface area (TPSA) is 104 Å². The molecule has 0 aliphatic heterocycles. The number of carbonyl (C=O) groups is 2. The number of hydrogen-bond acceptors (Lipinski definition) is 5. The quantitative estimate of drug-likeness (QED) is 0.247. The summed E-state index contributed by atoms with van der Waals surface area (Å²) in [7, 11) is 0. The molecule has 37 heavy (non-hydrogen) atoms. The second-order valence-corrected chi connectivity index (χ2v) is 13.6. The first-order valence-corrected chi connectivity index (χ1v) is 14.3. The maximum atomic E-state index is 12.6. The van der Waals surface area contributed by atoms with E-state index in [2.05, 4.69) is 27.7 Å². The number of aliphatic hydroxyl groups excluding tert-OH is 2. The summed E-state index contributed by atoms with van der Waals surface area (Å²) in [5.74, 6) is -0.909. The van der Waals surface area contributed by atoms with Crippen molar-refractivity contribution in [2.45, 2.75) is 118 Å². The molecule has 4 aliphatic carbocycles. The normalized spacial score (nSPS) is 46.2. The SMILES string of the molecule is CC(=O)O[C@H]1C[C@@]2(C)C(C[C@@H](O)C3[C@@]4(C)CCC(O)C(C)C4CC[C@@]32C)C1=C(CCC=C(C)C)C(=O)O. The number of carboxylic acid groups (broad SMARTS) is 1. The highest BCUT2D eigenvalue weighted by Crippen LogP contribution is 2.74. The van der Waals surface area contributed by atoms with Gasteiger partial charge in [-0.3, -0.25) is 4.79 Å². The zero-order chi connectivity index (χ0) is 27.5. The van der Waals surface area contributed by atoms with Crippen LogP contribution in [0, 0.1) is 39.9 Å². The zero-order valence-electron chi connectivity index (χ0n) is 23.8. The number of hydrogen-bond donors (Lipinski definition) is 3. The van der Waals surface area contributed by atoms with Crippen LogP contribution < -0.4 is 0 Å². The number of carbonyl (C=O) groups excluding carboxylic acids is 1. The predicted molar refractivity (Wildman–Crippen MR) is 143 cm³/mol. The summed E-state index contributed by atoms with van der Waals surface area (Å²) in [5.41, 5.74) is 1.57. The van der Waals surface area contributed by atoms with Crippen LogP contribution in [0.4, 0.5) is 0 Å². The fraction of sp³-hybridized carbons (Fsp3) is 0.806. The molecule has 0 amide bonds. The Morgan fingerprint density at radius 3 is 2.30 bits per heavy atom. The second-order valence-electron chi connectivity index (χ2n) is 13.6. The Balaban J connectivity index is 1.82. The maximum Gasteiger partial charge on any atom is 0.331 e. The largest absolute Gasteiger partial charge is 0.478 e. The summed E-state index contributed by atoms with van der Waals surface area (Å²) < 4.78 is 5.87. The second kappa shape index (κ2) is 9.82. The average Bonchev–Trinajstić information content (AvgIpc) is 3.05. The lowest BCUT2D eigenvalue weighted by atomic mass is 9.36. The fourth-order valence-electron chi connectivity index (χ4n) is 9.79. The third-order valence-electron chi connectivity index (χ3n) is 11.6. The van der Waals surface area contributed by atoms with Gasteiger partial charge < -0.3 is 20.1 Å². The van der Waals surface area contributed by atoms with Crippen LogP contribution in [0.3, 0.4) is 0 Å². The Labute approximate surface area is 222 Å². The van der Waals surface area contributed by atoms with Crippen LogP contribution >= 0.6 is 0 Å². The fourth-order valence-corrected chi connectivity index (χ4v) is 9.79. The lowest BCUT2D eigenvalue weighted by Gasteiger charge is -2.69. The Hall–Kier alpha value is -1.66. The zero-order valence-corrected chi connectivity index (χ0v) is 23.8. The van der Waals surface area contributed by atoms with Gasteiger partial charge in [0.25, 0.3) is 0 Å². The number of ether oxygens (including phenoxy) is 1. The van der Waals surface area contributed by atoms with Gasteiger partial charge in [0.15, 0.2) is 0 Å². The molecule has 0 aromatic carbocycles. The molecule has 0 aromatic heterocycles. The highest BCUT2D eigenvalue weighted by molar-refractivity contribution is 5.88. The average molecular weight is 517 g/mol. The molecule has 4 rings (SSSR count). The number of aliphatic carboxylic acids is 1. The van der Waals surface area contributed by atoms with Gasteiger partial charge in [-0.2, -0.15) is 0 Å². The van der Waals surface area contributed by atoms with Crippen LogP contribution in [0.25, 0.3) is 0 Å². The molecular weight excluding hydrogens is 468 g/mol. The third-order valence-corrected chi connectivity index (χ3v) is 11.6. The van der Waals surface area contributed by atoms with Gasteiger partial charge in [0.2, 0.25) is 0 Å². The molecule has 10 atom stereocenters. The summed E-state index contributed by atoms with van der Waals surface area (Å²) >= 11 is 0. The van der Waals surface area contributed by atoms with Gasteiger partial charge in [0.1, 0.15) is 6.10 Å². The molecule has 3 N–H and O–H groups in total. The van der Waals surface area contributed by atoms with Crippen molar-refractivity contribution < 1.29 is 29.6 Å². The van der Waals surface area contributed by atoms with E-state index in [1.807, 2.05) is 19.9 Å². The predicted octanol–water partition coefficient (Wildman–Crippen LogP) is 5.67. The molecule has 0 radical (unpaired) electrons. The highest BCUT2D eigenvalue weighted by Gasteiger charge is 2.70. The standard InChI is InChI=1S/C31H48O6/c1-17(2)9-8-10-20(28(35)36)26-22-15-24(34)27-29(5)13-12-23(33)18(3)21(29)11-14-30(27,6)31(22,7)16-25(26)37-19(4)32/h9,18,21-25,27,33-34H,8,10-16H2,1-7H3,(H,35,36)/t18?,21?,22?,23?,24-,25+,27?,29+,30+,31+/m1/s1. The van der Waals surface area contributed by atoms with Crippen molar-refractivity contribution in [2.75, 3.05) is 0 Å². The first kappa shape index (κ1) is 28.4. The molecule has 0 heterocycles. The van der Waals surface area contributed by atoms with Crippen LogP contribution in [0.15, 0.2) is 22.8 Å². The van der Waals surface area contributed by atoms with Gasteiger partial charge in [0, 0.05) is 12.5 Å². The summed E-state index contributed by atoms with van der Waals surface area (Å²) in [5, 5.41) is 32.9. The third kappa shape index (κ3) is 4.40. The highest BCUT2D eigenvalue weighted by atomic mass is 16.5. The summed E-state index contributed by atoms with van der Waals surface area (Å²) in [6, 6.07) is 0. The monoisotopic (exact) mass is 516 g/mol. The van der Waals surface area contributed by atoms with Crippen molar-refractivity contribution in [2.24, 2.45) is 39.9 Å². The number of rotatable bonds is 5. The van der Waals surface area contributed by atoms with E-state index in [1.54, 1.807) is 0 Å². The van der Waals surface area contributed by atoms with E-state index in [0.717, 1.165) is 36.8 Å². The van der Waals surface area contributed by atoms with E-state index in [9.17, 15) is 24.9 Å². The first-order valence-electron chi connectivity index (χ1n) is 14.3. The first-order chi connectivity index (χ1) is 17.2. The molecule has 5 unspecified atom stereocenters. The smallest absolute Gasteiger partial charge is 0.331 e. The van der Waals surface area contributed by atoms with Gasteiger partial charge in [0.05, 0.1) is 12.2 Å². The Bertz CT molecular complexity index is 994. The molecule has 6 nitrogen and oxygen atoms in total. The summed E-state index contributed by atoms with van der Waals surface area (Å²) in [6.45, 7) is 14.5. The lowest BCUT2D eigenvalue weighted by molar-refractivity contribution is -0.234. The van der Waals surface area contributed by atoms with Gasteiger partial charge in [-0.15, -0.1) is 0 Å². The van der Waals surface area contributed by atoms with Crippen LogP contribution in [0.2, 0.25) is 0 Å². The number of fused-ring (bicyclic) bond motifs is 5. The van der Waals surface area contributed by atoms with Crippen LogP contribution in [0.5, 0.6) is 0 Å². The van der Waals surface area contributed by atoms with E-state index in [1.165, 1.54) is 6.92 Å². The van der Waals surface area contributed by atoms with Gasteiger partial charge in [-0.05, 0) is 111 Å². The van der Waals surface area contributed by atoms with E-state index < -0.39 is 24.1 Å². The molecule has 4 saturated carbocycles. The minimum Gasteiger partial charge on any atom is -0.478 e. The van der Waals surface area contributed by atoms with Crippen LogP contribution in [-0.4, -0.2) is 45.6 Å². The van der Waals surface area contributed by atoms with E-state index in [0.29, 0.717) is 37.2 Å². The molecule has 0 saturated heterocycles. The number of carboxylic acids is 1. The van der Waals surface area contributed by atoms with Gasteiger partial charge >= 0.3 is 11.9 Å². The lowest BCUT2D eigenvalue weighted by Crippen LogP contribution is -2.65. The number of aliphatic hydroxyl groups is 2. The van der Waals surface area contributed by atoms with E-state index in [4.69, 9.17) is 4.74 Å².